The second-order valence-corrected chi connectivity index (χ2v) is 5.25. The van der Waals surface area contributed by atoms with Crippen LogP contribution < -0.4 is 0 Å². The van der Waals surface area contributed by atoms with E-state index in [1.807, 2.05) is 0 Å². The number of Topliss-reactive ketones (excluding diaryl/α,β-unsaturated/α-hetero) is 1. The lowest BCUT2D eigenvalue weighted by Crippen LogP contribution is -2.14. The van der Waals surface area contributed by atoms with Crippen molar-refractivity contribution in [2.75, 3.05) is 0 Å². The molecule has 0 spiro atoms. The summed E-state index contributed by atoms with van der Waals surface area (Å²) >= 11 is 3.16. The summed E-state index contributed by atoms with van der Waals surface area (Å²) in [5.74, 6) is -0.752. The molecule has 0 bridgehead atoms. The molecule has 1 aromatic carbocycles. The lowest BCUT2D eigenvalue weighted by Gasteiger charge is -2.11. The average molecular weight is 301 g/mol. The highest BCUT2D eigenvalue weighted by Gasteiger charge is 2.27. The summed E-state index contributed by atoms with van der Waals surface area (Å²) in [7, 11) is 0. The number of ketones is 1. The van der Waals surface area contributed by atoms with Gasteiger partial charge in [0.25, 0.3) is 0 Å². The van der Waals surface area contributed by atoms with E-state index < -0.39 is 12.4 Å². The van der Waals surface area contributed by atoms with Crippen LogP contribution >= 0.6 is 15.9 Å². The zero-order valence-electron chi connectivity index (χ0n) is 9.38. The van der Waals surface area contributed by atoms with Gasteiger partial charge in [0.15, 0.2) is 5.78 Å². The van der Waals surface area contributed by atoms with Crippen molar-refractivity contribution in [1.82, 2.24) is 0 Å². The van der Waals surface area contributed by atoms with Crippen LogP contribution in [0.1, 0.15) is 41.6 Å². The second kappa shape index (κ2) is 5.27. The normalized spacial score (nSPS) is 16.4. The summed E-state index contributed by atoms with van der Waals surface area (Å²) in [6.45, 7) is -0.405. The zero-order valence-corrected chi connectivity index (χ0v) is 11.0. The molecule has 0 radical (unpaired) electrons. The maximum absolute atomic E-state index is 14.0. The van der Waals surface area contributed by atoms with E-state index in [1.165, 1.54) is 6.07 Å². The molecule has 0 aliphatic heterocycles. The highest BCUT2D eigenvalue weighted by atomic mass is 79.9. The first-order valence-corrected chi connectivity index (χ1v) is 6.56. The minimum Gasteiger partial charge on any atom is -0.392 e. The molecular formula is C13H14BrFO2. The molecule has 92 valence electrons. The second-order valence-electron chi connectivity index (χ2n) is 4.39. The van der Waals surface area contributed by atoms with Crippen LogP contribution in [0.5, 0.6) is 0 Å². The SMILES string of the molecule is O=C(c1ccc(Br)c(CO)c1F)C1CCCC1. The highest BCUT2D eigenvalue weighted by molar-refractivity contribution is 9.10. The Labute approximate surface area is 108 Å². The van der Waals surface area contributed by atoms with Gasteiger partial charge in [-0.05, 0) is 25.0 Å². The van der Waals surface area contributed by atoms with Crippen molar-refractivity contribution in [1.29, 1.82) is 0 Å². The van der Waals surface area contributed by atoms with Gasteiger partial charge in [0, 0.05) is 16.0 Å². The van der Waals surface area contributed by atoms with Gasteiger partial charge in [0.05, 0.1) is 12.2 Å². The summed E-state index contributed by atoms with van der Waals surface area (Å²) in [4.78, 5) is 12.1. The van der Waals surface area contributed by atoms with Gasteiger partial charge in [-0.3, -0.25) is 4.79 Å². The number of aliphatic hydroxyl groups is 1. The van der Waals surface area contributed by atoms with Crippen LogP contribution in [0.2, 0.25) is 0 Å². The van der Waals surface area contributed by atoms with Crippen LogP contribution in [0, 0.1) is 11.7 Å². The van der Waals surface area contributed by atoms with Crippen molar-refractivity contribution >= 4 is 21.7 Å². The van der Waals surface area contributed by atoms with Crippen LogP contribution in [0.4, 0.5) is 4.39 Å². The lowest BCUT2D eigenvalue weighted by atomic mass is 9.95. The summed E-state index contributed by atoms with van der Waals surface area (Å²) < 4.78 is 14.5. The minimum atomic E-state index is -0.584. The number of halogens is 2. The topological polar surface area (TPSA) is 37.3 Å². The van der Waals surface area contributed by atoms with Crippen molar-refractivity contribution < 1.29 is 14.3 Å². The molecule has 1 aliphatic rings. The Morgan fingerprint density at radius 2 is 2.06 bits per heavy atom. The molecule has 4 heteroatoms. The van der Waals surface area contributed by atoms with Crippen LogP contribution in [-0.2, 0) is 6.61 Å². The predicted molar refractivity (Wildman–Crippen MR) is 66.3 cm³/mol. The van der Waals surface area contributed by atoms with E-state index in [4.69, 9.17) is 5.11 Å². The summed E-state index contributed by atoms with van der Waals surface area (Å²) in [5, 5.41) is 9.09. The fourth-order valence-electron chi connectivity index (χ4n) is 2.34. The third kappa shape index (κ3) is 2.43. The Morgan fingerprint density at radius 3 is 2.65 bits per heavy atom. The molecule has 0 heterocycles. The fraction of sp³-hybridized carbons (Fsp3) is 0.462. The van der Waals surface area contributed by atoms with Crippen molar-refractivity contribution in [2.45, 2.75) is 32.3 Å². The van der Waals surface area contributed by atoms with Gasteiger partial charge in [-0.1, -0.05) is 28.8 Å². The Balaban J connectivity index is 2.35. The maximum atomic E-state index is 14.0. The van der Waals surface area contributed by atoms with Crippen LogP contribution in [-0.4, -0.2) is 10.9 Å². The molecule has 1 aliphatic carbocycles. The summed E-state index contributed by atoms with van der Waals surface area (Å²) in [6.07, 6.45) is 3.79. The maximum Gasteiger partial charge on any atom is 0.168 e. The van der Waals surface area contributed by atoms with Crippen molar-refractivity contribution in [3.05, 3.63) is 33.5 Å². The van der Waals surface area contributed by atoms with Gasteiger partial charge < -0.3 is 5.11 Å². The molecule has 1 saturated carbocycles. The van der Waals surface area contributed by atoms with Crippen molar-refractivity contribution in [3.63, 3.8) is 0 Å². The first-order valence-electron chi connectivity index (χ1n) is 5.77. The molecule has 0 aromatic heterocycles. The number of carbonyl (C=O) groups excluding carboxylic acids is 1. The number of carbonyl (C=O) groups is 1. The fourth-order valence-corrected chi connectivity index (χ4v) is 2.77. The smallest absolute Gasteiger partial charge is 0.168 e. The lowest BCUT2D eigenvalue weighted by molar-refractivity contribution is 0.0918. The first-order chi connectivity index (χ1) is 8.15. The number of hydrogen-bond acceptors (Lipinski definition) is 2. The van der Waals surface area contributed by atoms with Crippen LogP contribution in [0.25, 0.3) is 0 Å². The van der Waals surface area contributed by atoms with Gasteiger partial charge in [0.1, 0.15) is 5.82 Å². The number of rotatable bonds is 3. The molecule has 1 aromatic rings. The van der Waals surface area contributed by atoms with Gasteiger partial charge >= 0.3 is 0 Å². The number of hydrogen-bond donors (Lipinski definition) is 1. The first kappa shape index (κ1) is 12.7. The molecule has 0 unspecified atom stereocenters. The standard InChI is InChI=1S/C13H14BrFO2/c14-11-6-5-9(12(15)10(11)7-16)13(17)8-3-1-2-4-8/h5-6,8,16H,1-4,7H2. The largest absolute Gasteiger partial charge is 0.392 e. The van der Waals surface area contributed by atoms with Gasteiger partial charge in [0.2, 0.25) is 0 Å². The number of aliphatic hydroxyl groups excluding tert-OH is 1. The van der Waals surface area contributed by atoms with Crippen molar-refractivity contribution in [2.24, 2.45) is 5.92 Å². The average Bonchev–Trinajstić information content (AvgIpc) is 2.82. The minimum absolute atomic E-state index is 0.0442. The van der Waals surface area contributed by atoms with Crippen LogP contribution in [0.3, 0.4) is 0 Å². The van der Waals surface area contributed by atoms with E-state index in [1.54, 1.807) is 6.07 Å². The Hall–Kier alpha value is -0.740. The Kier molecular flexibility index (Phi) is 3.94. The van der Waals surface area contributed by atoms with Crippen LogP contribution in [0.15, 0.2) is 16.6 Å². The number of benzene rings is 1. The molecule has 0 atom stereocenters. The molecule has 0 saturated heterocycles. The predicted octanol–water partition coefficient (Wildman–Crippen LogP) is 3.45. The van der Waals surface area contributed by atoms with Crippen molar-refractivity contribution in [3.8, 4) is 0 Å². The van der Waals surface area contributed by atoms with E-state index in [9.17, 15) is 9.18 Å². The molecule has 0 amide bonds. The Morgan fingerprint density at radius 1 is 1.41 bits per heavy atom. The monoisotopic (exact) mass is 300 g/mol. The van der Waals surface area contributed by atoms with Gasteiger partial charge in [-0.15, -0.1) is 0 Å². The quantitative estimate of drug-likeness (QED) is 0.868. The van der Waals surface area contributed by atoms with E-state index in [2.05, 4.69) is 15.9 Å². The van der Waals surface area contributed by atoms with E-state index >= 15 is 0 Å². The third-order valence-corrected chi connectivity index (χ3v) is 4.08. The van der Waals surface area contributed by atoms with Gasteiger partial charge in [-0.25, -0.2) is 4.39 Å². The van der Waals surface area contributed by atoms with E-state index in [-0.39, 0.29) is 22.8 Å². The van der Waals surface area contributed by atoms with E-state index in [0.29, 0.717) is 4.47 Å². The summed E-state index contributed by atoms with van der Waals surface area (Å²) in [6, 6.07) is 3.12. The highest BCUT2D eigenvalue weighted by Crippen LogP contribution is 2.31. The molecule has 1 N–H and O–H groups in total. The molecular weight excluding hydrogens is 287 g/mol. The Bertz CT molecular complexity index is 439. The molecule has 17 heavy (non-hydrogen) atoms. The zero-order chi connectivity index (χ0) is 12.4. The summed E-state index contributed by atoms with van der Waals surface area (Å²) in [5.41, 5.74) is 0.276. The molecule has 2 rings (SSSR count). The third-order valence-electron chi connectivity index (χ3n) is 3.34. The molecule has 1 fully saturated rings. The van der Waals surface area contributed by atoms with Gasteiger partial charge in [-0.2, -0.15) is 0 Å². The van der Waals surface area contributed by atoms with E-state index in [0.717, 1.165) is 25.7 Å². The molecule has 2 nitrogen and oxygen atoms in total.